The first kappa shape index (κ1) is 12.6. The Hall–Kier alpha value is -0.870. The molecule has 1 aliphatic carbocycles. The van der Waals surface area contributed by atoms with Crippen molar-refractivity contribution in [3.8, 4) is 0 Å². The predicted octanol–water partition coefficient (Wildman–Crippen LogP) is 1.76. The van der Waals surface area contributed by atoms with Crippen molar-refractivity contribution in [2.24, 2.45) is 7.05 Å². The Morgan fingerprint density at radius 3 is 2.88 bits per heavy atom. The second-order valence-corrected chi connectivity index (χ2v) is 5.08. The molecule has 0 spiro atoms. The highest BCUT2D eigenvalue weighted by Crippen LogP contribution is 2.21. The van der Waals surface area contributed by atoms with Crippen molar-refractivity contribution in [2.75, 3.05) is 0 Å². The molecule has 0 saturated heterocycles. The molecule has 1 aromatic heterocycles. The van der Waals surface area contributed by atoms with Gasteiger partial charge in [0.15, 0.2) is 0 Å². The van der Waals surface area contributed by atoms with Crippen molar-refractivity contribution in [2.45, 2.75) is 57.2 Å². The minimum Gasteiger partial charge on any atom is -0.392 e. The molecule has 2 N–H and O–H groups in total. The van der Waals surface area contributed by atoms with Crippen molar-refractivity contribution in [3.05, 3.63) is 18.0 Å². The molecule has 1 heterocycles. The molecule has 17 heavy (non-hydrogen) atoms. The molecule has 2 rings (SSSR count). The van der Waals surface area contributed by atoms with Gasteiger partial charge in [-0.15, -0.1) is 0 Å². The lowest BCUT2D eigenvalue weighted by Crippen LogP contribution is -2.40. The fourth-order valence-corrected chi connectivity index (χ4v) is 2.70. The summed E-state index contributed by atoms with van der Waals surface area (Å²) in [4.78, 5) is 0. The van der Waals surface area contributed by atoms with Crippen LogP contribution < -0.4 is 5.32 Å². The molecule has 1 aliphatic rings. The number of aliphatic hydroxyl groups is 1. The number of aryl methyl sites for hydroxylation is 1. The summed E-state index contributed by atoms with van der Waals surface area (Å²) >= 11 is 0. The highest BCUT2D eigenvalue weighted by Gasteiger charge is 2.23. The van der Waals surface area contributed by atoms with Crippen molar-refractivity contribution in [1.82, 2.24) is 15.1 Å². The number of hydrogen-bond donors (Lipinski definition) is 2. The monoisotopic (exact) mass is 237 g/mol. The quantitative estimate of drug-likeness (QED) is 0.788. The molecule has 0 radical (unpaired) electrons. The molecular weight excluding hydrogens is 214 g/mol. The van der Waals surface area contributed by atoms with E-state index in [-0.39, 0.29) is 18.2 Å². The third-order valence-corrected chi connectivity index (χ3v) is 3.75. The summed E-state index contributed by atoms with van der Waals surface area (Å²) in [6.45, 7) is 2.13. The number of aliphatic hydroxyl groups excluding tert-OH is 1. The maximum atomic E-state index is 10.1. The molecule has 0 aliphatic heterocycles. The summed E-state index contributed by atoms with van der Waals surface area (Å²) in [5, 5.41) is 17.8. The van der Waals surface area contributed by atoms with E-state index < -0.39 is 0 Å². The first-order chi connectivity index (χ1) is 8.18. The average molecular weight is 237 g/mol. The lowest BCUT2D eigenvalue weighted by atomic mass is 10.0. The van der Waals surface area contributed by atoms with Gasteiger partial charge in [0, 0.05) is 25.3 Å². The number of nitrogens with one attached hydrogen (secondary N) is 1. The Kier molecular flexibility index (Phi) is 4.18. The van der Waals surface area contributed by atoms with Crippen LogP contribution in [-0.2, 0) is 7.05 Å². The van der Waals surface area contributed by atoms with Gasteiger partial charge in [0.2, 0.25) is 0 Å². The second-order valence-electron chi connectivity index (χ2n) is 5.08. The van der Waals surface area contributed by atoms with Crippen LogP contribution in [0.5, 0.6) is 0 Å². The highest BCUT2D eigenvalue weighted by molar-refractivity contribution is 5.06. The molecule has 0 aromatic carbocycles. The van der Waals surface area contributed by atoms with Gasteiger partial charge < -0.3 is 10.4 Å². The van der Waals surface area contributed by atoms with Gasteiger partial charge in [0.05, 0.1) is 11.8 Å². The van der Waals surface area contributed by atoms with Gasteiger partial charge in [0.1, 0.15) is 0 Å². The number of rotatable bonds is 3. The van der Waals surface area contributed by atoms with Gasteiger partial charge in [-0.3, -0.25) is 4.68 Å². The SMILES string of the molecule is CC(NC1CCCCCC1O)c1ccnn1C. The minimum absolute atomic E-state index is 0.201. The van der Waals surface area contributed by atoms with Gasteiger partial charge >= 0.3 is 0 Å². The zero-order chi connectivity index (χ0) is 12.3. The fraction of sp³-hybridized carbons (Fsp3) is 0.769. The molecule has 1 fully saturated rings. The third-order valence-electron chi connectivity index (χ3n) is 3.75. The van der Waals surface area contributed by atoms with Crippen molar-refractivity contribution in [3.63, 3.8) is 0 Å². The van der Waals surface area contributed by atoms with Crippen LogP contribution in [0.25, 0.3) is 0 Å². The smallest absolute Gasteiger partial charge is 0.0693 e. The molecule has 3 unspecified atom stereocenters. The summed E-state index contributed by atoms with van der Waals surface area (Å²) in [5.74, 6) is 0. The summed E-state index contributed by atoms with van der Waals surface area (Å²) < 4.78 is 1.89. The van der Waals surface area contributed by atoms with E-state index in [0.717, 1.165) is 19.3 Å². The Balaban J connectivity index is 1.97. The van der Waals surface area contributed by atoms with E-state index in [2.05, 4.69) is 17.3 Å². The topological polar surface area (TPSA) is 50.1 Å². The Labute approximate surface area is 103 Å². The second kappa shape index (κ2) is 5.65. The zero-order valence-corrected chi connectivity index (χ0v) is 10.8. The standard InChI is InChI=1S/C13H23N3O/c1-10(12-8-9-14-16(12)2)15-11-6-4-3-5-7-13(11)17/h8-11,13,15,17H,3-7H2,1-2H3. The number of nitrogens with zero attached hydrogens (tertiary/aromatic N) is 2. The molecular formula is C13H23N3O. The Morgan fingerprint density at radius 1 is 1.41 bits per heavy atom. The largest absolute Gasteiger partial charge is 0.392 e. The van der Waals surface area contributed by atoms with Crippen molar-refractivity contribution >= 4 is 0 Å². The molecule has 0 amide bonds. The molecule has 3 atom stereocenters. The van der Waals surface area contributed by atoms with E-state index in [1.165, 1.54) is 18.5 Å². The lowest BCUT2D eigenvalue weighted by molar-refractivity contribution is 0.114. The van der Waals surface area contributed by atoms with Crippen LogP contribution in [0.4, 0.5) is 0 Å². The van der Waals surface area contributed by atoms with Gasteiger partial charge in [0.25, 0.3) is 0 Å². The van der Waals surface area contributed by atoms with E-state index in [0.29, 0.717) is 0 Å². The summed E-state index contributed by atoms with van der Waals surface area (Å²) in [5.41, 5.74) is 1.17. The maximum Gasteiger partial charge on any atom is 0.0693 e. The number of hydrogen-bond acceptors (Lipinski definition) is 3. The van der Waals surface area contributed by atoms with Crippen molar-refractivity contribution in [1.29, 1.82) is 0 Å². The van der Waals surface area contributed by atoms with Crippen LogP contribution in [0.2, 0.25) is 0 Å². The van der Waals surface area contributed by atoms with Gasteiger partial charge in [-0.1, -0.05) is 19.3 Å². The first-order valence-corrected chi connectivity index (χ1v) is 6.60. The van der Waals surface area contributed by atoms with Crippen LogP contribution in [0.1, 0.15) is 50.8 Å². The van der Waals surface area contributed by atoms with Crippen LogP contribution in [0.3, 0.4) is 0 Å². The van der Waals surface area contributed by atoms with Crippen LogP contribution in [-0.4, -0.2) is 27.0 Å². The van der Waals surface area contributed by atoms with E-state index in [4.69, 9.17) is 0 Å². The van der Waals surface area contributed by atoms with E-state index in [9.17, 15) is 5.11 Å². The normalized spacial score (nSPS) is 27.7. The average Bonchev–Trinajstić information content (AvgIpc) is 2.63. The predicted molar refractivity (Wildman–Crippen MR) is 67.6 cm³/mol. The van der Waals surface area contributed by atoms with Crippen LogP contribution >= 0.6 is 0 Å². The fourth-order valence-electron chi connectivity index (χ4n) is 2.70. The molecule has 96 valence electrons. The van der Waals surface area contributed by atoms with E-state index >= 15 is 0 Å². The molecule has 1 aromatic rings. The lowest BCUT2D eigenvalue weighted by Gasteiger charge is -2.26. The highest BCUT2D eigenvalue weighted by atomic mass is 16.3. The molecule has 4 nitrogen and oxygen atoms in total. The van der Waals surface area contributed by atoms with Crippen molar-refractivity contribution < 1.29 is 5.11 Å². The molecule has 0 bridgehead atoms. The molecule has 4 heteroatoms. The summed E-state index contributed by atoms with van der Waals surface area (Å²) in [6, 6.07) is 2.49. The van der Waals surface area contributed by atoms with E-state index in [1.54, 1.807) is 0 Å². The maximum absolute atomic E-state index is 10.1. The number of aromatic nitrogens is 2. The minimum atomic E-state index is -0.201. The van der Waals surface area contributed by atoms with Gasteiger partial charge in [-0.2, -0.15) is 5.10 Å². The molecule has 1 saturated carbocycles. The van der Waals surface area contributed by atoms with E-state index in [1.807, 2.05) is 24.0 Å². The Bertz CT molecular complexity index is 350. The zero-order valence-electron chi connectivity index (χ0n) is 10.8. The summed E-state index contributed by atoms with van der Waals surface area (Å²) in [6.07, 6.45) is 7.23. The van der Waals surface area contributed by atoms with Crippen LogP contribution in [0.15, 0.2) is 12.3 Å². The van der Waals surface area contributed by atoms with Crippen LogP contribution in [0, 0.1) is 0 Å². The van der Waals surface area contributed by atoms with Gasteiger partial charge in [-0.25, -0.2) is 0 Å². The third kappa shape index (κ3) is 3.07. The van der Waals surface area contributed by atoms with Gasteiger partial charge in [-0.05, 0) is 25.8 Å². The summed E-state index contributed by atoms with van der Waals surface area (Å²) in [7, 11) is 1.96. The first-order valence-electron chi connectivity index (χ1n) is 6.60. The Morgan fingerprint density at radius 2 is 2.18 bits per heavy atom.